The fraction of sp³-hybridized carbons (Fsp3) is 0.381. The Morgan fingerprint density at radius 3 is 2.71 bits per heavy atom. The van der Waals surface area contributed by atoms with Gasteiger partial charge in [0.15, 0.2) is 5.82 Å². The SMILES string of the molecule is CCn1c([C@H]2OCC[C@H]2c2ccccc2)nn(Cc2ccc(OC)nc2)c1=O. The average Bonchev–Trinajstić information content (AvgIpc) is 3.34. The van der Waals surface area contributed by atoms with Crippen LogP contribution in [-0.2, 0) is 17.8 Å². The number of hydrogen-bond donors (Lipinski definition) is 0. The molecular weight excluding hydrogens is 356 g/mol. The summed E-state index contributed by atoms with van der Waals surface area (Å²) >= 11 is 0. The number of aromatic nitrogens is 4. The summed E-state index contributed by atoms with van der Waals surface area (Å²) in [5.74, 6) is 1.44. The van der Waals surface area contributed by atoms with E-state index in [2.05, 4.69) is 22.2 Å². The quantitative estimate of drug-likeness (QED) is 0.658. The molecule has 3 heterocycles. The van der Waals surface area contributed by atoms with Gasteiger partial charge in [0.05, 0.1) is 13.7 Å². The van der Waals surface area contributed by atoms with E-state index < -0.39 is 0 Å². The fourth-order valence-corrected chi connectivity index (χ4v) is 3.75. The molecule has 0 bridgehead atoms. The van der Waals surface area contributed by atoms with E-state index in [1.54, 1.807) is 23.9 Å². The molecule has 1 aromatic carbocycles. The summed E-state index contributed by atoms with van der Waals surface area (Å²) in [5.41, 5.74) is 1.98. The minimum atomic E-state index is -0.217. The summed E-state index contributed by atoms with van der Waals surface area (Å²) in [4.78, 5) is 17.1. The van der Waals surface area contributed by atoms with Gasteiger partial charge in [-0.05, 0) is 24.5 Å². The van der Waals surface area contributed by atoms with Crippen LogP contribution in [0.1, 0.15) is 42.3 Å². The standard InChI is InChI=1S/C21H24N4O3/c1-3-24-20(19-17(11-12-28-19)16-7-5-4-6-8-16)23-25(21(24)26)14-15-9-10-18(27-2)22-13-15/h4-10,13,17,19H,3,11-12,14H2,1-2H3/t17-,19-/m0/s1. The maximum absolute atomic E-state index is 12.9. The zero-order valence-corrected chi connectivity index (χ0v) is 16.1. The van der Waals surface area contributed by atoms with Crippen LogP contribution in [0.15, 0.2) is 53.5 Å². The first-order valence-corrected chi connectivity index (χ1v) is 9.54. The van der Waals surface area contributed by atoms with E-state index in [1.165, 1.54) is 10.2 Å². The van der Waals surface area contributed by atoms with Gasteiger partial charge in [-0.25, -0.2) is 14.5 Å². The first-order valence-electron chi connectivity index (χ1n) is 9.54. The molecule has 3 aromatic rings. The van der Waals surface area contributed by atoms with Gasteiger partial charge in [0, 0.05) is 31.3 Å². The number of benzene rings is 1. The number of ether oxygens (including phenoxy) is 2. The van der Waals surface area contributed by atoms with Gasteiger partial charge >= 0.3 is 5.69 Å². The largest absolute Gasteiger partial charge is 0.481 e. The number of nitrogens with zero attached hydrogens (tertiary/aromatic N) is 4. The van der Waals surface area contributed by atoms with Crippen molar-refractivity contribution in [3.05, 3.63) is 76.1 Å². The van der Waals surface area contributed by atoms with Crippen LogP contribution in [0.2, 0.25) is 0 Å². The molecule has 0 saturated carbocycles. The van der Waals surface area contributed by atoms with Crippen LogP contribution in [0.25, 0.3) is 0 Å². The number of rotatable bonds is 6. The first kappa shape index (κ1) is 18.4. The fourth-order valence-electron chi connectivity index (χ4n) is 3.75. The van der Waals surface area contributed by atoms with E-state index in [0.29, 0.717) is 31.4 Å². The summed E-state index contributed by atoms with van der Waals surface area (Å²) < 4.78 is 14.3. The van der Waals surface area contributed by atoms with Gasteiger partial charge in [0.2, 0.25) is 5.88 Å². The molecule has 7 heteroatoms. The van der Waals surface area contributed by atoms with Crippen molar-refractivity contribution in [3.63, 3.8) is 0 Å². The second-order valence-electron chi connectivity index (χ2n) is 6.85. The molecule has 0 amide bonds. The Balaban J connectivity index is 1.66. The van der Waals surface area contributed by atoms with Crippen LogP contribution < -0.4 is 10.4 Å². The van der Waals surface area contributed by atoms with Gasteiger partial charge < -0.3 is 9.47 Å². The maximum Gasteiger partial charge on any atom is 0.346 e. The Labute approximate surface area is 163 Å². The molecule has 146 valence electrons. The molecule has 0 unspecified atom stereocenters. The van der Waals surface area contributed by atoms with Gasteiger partial charge in [0.25, 0.3) is 0 Å². The topological polar surface area (TPSA) is 71.2 Å². The third kappa shape index (κ3) is 3.45. The molecule has 2 aromatic heterocycles. The van der Waals surface area contributed by atoms with Crippen LogP contribution in [0, 0.1) is 0 Å². The van der Waals surface area contributed by atoms with Crippen molar-refractivity contribution in [1.82, 2.24) is 19.3 Å². The van der Waals surface area contributed by atoms with E-state index in [-0.39, 0.29) is 17.7 Å². The zero-order chi connectivity index (χ0) is 19.5. The van der Waals surface area contributed by atoms with Crippen LogP contribution in [0.3, 0.4) is 0 Å². The highest BCUT2D eigenvalue weighted by atomic mass is 16.5. The van der Waals surface area contributed by atoms with Gasteiger partial charge in [-0.15, -0.1) is 0 Å². The van der Waals surface area contributed by atoms with Crippen LogP contribution >= 0.6 is 0 Å². The average molecular weight is 380 g/mol. The Hall–Kier alpha value is -2.93. The normalized spacial score (nSPS) is 19.1. The molecule has 0 N–H and O–H groups in total. The highest BCUT2D eigenvalue weighted by Gasteiger charge is 2.35. The van der Waals surface area contributed by atoms with Gasteiger partial charge in [-0.3, -0.25) is 4.57 Å². The predicted molar refractivity (Wildman–Crippen MR) is 105 cm³/mol. The van der Waals surface area contributed by atoms with Crippen molar-refractivity contribution in [2.45, 2.75) is 38.5 Å². The Morgan fingerprint density at radius 2 is 2.04 bits per heavy atom. The number of methoxy groups -OCH3 is 1. The van der Waals surface area contributed by atoms with E-state index in [9.17, 15) is 4.79 Å². The van der Waals surface area contributed by atoms with Crippen LogP contribution in [0.4, 0.5) is 0 Å². The van der Waals surface area contributed by atoms with E-state index in [4.69, 9.17) is 9.47 Å². The minimum Gasteiger partial charge on any atom is -0.481 e. The van der Waals surface area contributed by atoms with Crippen LogP contribution in [-0.4, -0.2) is 33.0 Å². The lowest BCUT2D eigenvalue weighted by atomic mass is 9.92. The second kappa shape index (κ2) is 7.98. The van der Waals surface area contributed by atoms with Crippen molar-refractivity contribution in [1.29, 1.82) is 0 Å². The zero-order valence-electron chi connectivity index (χ0n) is 16.1. The second-order valence-corrected chi connectivity index (χ2v) is 6.85. The Morgan fingerprint density at radius 1 is 1.21 bits per heavy atom. The molecule has 1 fully saturated rings. The maximum atomic E-state index is 12.9. The summed E-state index contributed by atoms with van der Waals surface area (Å²) in [6, 6.07) is 14.0. The van der Waals surface area contributed by atoms with Crippen molar-refractivity contribution < 1.29 is 9.47 Å². The molecule has 1 aliphatic heterocycles. The molecule has 0 spiro atoms. The molecule has 28 heavy (non-hydrogen) atoms. The van der Waals surface area contributed by atoms with E-state index >= 15 is 0 Å². The first-order chi connectivity index (χ1) is 13.7. The summed E-state index contributed by atoms with van der Waals surface area (Å²) in [7, 11) is 1.58. The lowest BCUT2D eigenvalue weighted by molar-refractivity contribution is 0.0934. The number of hydrogen-bond acceptors (Lipinski definition) is 5. The highest BCUT2D eigenvalue weighted by Crippen LogP contribution is 2.40. The third-order valence-electron chi connectivity index (χ3n) is 5.18. The van der Waals surface area contributed by atoms with E-state index in [1.807, 2.05) is 31.2 Å². The van der Waals surface area contributed by atoms with Crippen molar-refractivity contribution in [3.8, 4) is 5.88 Å². The smallest absolute Gasteiger partial charge is 0.346 e. The third-order valence-corrected chi connectivity index (χ3v) is 5.18. The Kier molecular flexibility index (Phi) is 5.25. The van der Waals surface area contributed by atoms with Crippen molar-refractivity contribution in [2.24, 2.45) is 0 Å². The lowest BCUT2D eigenvalue weighted by Crippen LogP contribution is -2.26. The minimum absolute atomic E-state index is 0.129. The van der Waals surface area contributed by atoms with Crippen LogP contribution in [0.5, 0.6) is 5.88 Å². The summed E-state index contributed by atoms with van der Waals surface area (Å²) in [6.07, 6.45) is 2.40. The Bertz CT molecular complexity index is 979. The molecule has 1 saturated heterocycles. The molecule has 0 aliphatic carbocycles. The molecule has 2 atom stereocenters. The van der Waals surface area contributed by atoms with Crippen molar-refractivity contribution >= 4 is 0 Å². The predicted octanol–water partition coefficient (Wildman–Crippen LogP) is 2.76. The van der Waals surface area contributed by atoms with E-state index in [0.717, 1.165) is 12.0 Å². The summed E-state index contributed by atoms with van der Waals surface area (Å²) in [5, 5.41) is 4.66. The van der Waals surface area contributed by atoms with Crippen molar-refractivity contribution in [2.75, 3.05) is 13.7 Å². The summed E-state index contributed by atoms with van der Waals surface area (Å²) in [6.45, 7) is 3.53. The van der Waals surface area contributed by atoms with Gasteiger partial charge in [-0.2, -0.15) is 5.10 Å². The molecule has 4 rings (SSSR count). The molecule has 1 aliphatic rings. The molecule has 7 nitrogen and oxygen atoms in total. The number of pyridine rings is 1. The highest BCUT2D eigenvalue weighted by molar-refractivity contribution is 5.24. The lowest BCUT2D eigenvalue weighted by Gasteiger charge is -2.18. The molecule has 0 radical (unpaired) electrons. The van der Waals surface area contributed by atoms with Gasteiger partial charge in [0.1, 0.15) is 6.10 Å². The van der Waals surface area contributed by atoms with Gasteiger partial charge in [-0.1, -0.05) is 36.4 Å². The molecular formula is C21H24N4O3. The monoisotopic (exact) mass is 380 g/mol.